The molecule has 0 spiro atoms. The van der Waals surface area contributed by atoms with Crippen LogP contribution in [0.5, 0.6) is 0 Å². The van der Waals surface area contributed by atoms with Crippen LogP contribution in [0.2, 0.25) is 10.0 Å². The first-order valence-electron chi connectivity index (χ1n) is 5.77. The van der Waals surface area contributed by atoms with Gasteiger partial charge in [-0.1, -0.05) is 23.2 Å². The summed E-state index contributed by atoms with van der Waals surface area (Å²) in [5.74, 6) is -3.83. The molecule has 1 saturated heterocycles. The van der Waals surface area contributed by atoms with Crippen LogP contribution in [0.3, 0.4) is 0 Å². The van der Waals surface area contributed by atoms with Crippen LogP contribution in [0.25, 0.3) is 0 Å². The molecular formula is C13H10Cl2FNO4. The van der Waals surface area contributed by atoms with Crippen molar-refractivity contribution in [1.82, 2.24) is 0 Å². The molecule has 112 valence electrons. The quantitative estimate of drug-likeness (QED) is 0.511. The molecule has 0 aromatic heterocycles. The normalized spacial score (nSPS) is 17.1. The number of halogens is 3. The van der Waals surface area contributed by atoms with E-state index in [9.17, 15) is 14.0 Å². The highest BCUT2D eigenvalue weighted by atomic mass is 35.5. The Morgan fingerprint density at radius 2 is 1.76 bits per heavy atom. The molecule has 1 aliphatic rings. The monoisotopic (exact) mass is 333 g/mol. The predicted molar refractivity (Wildman–Crippen MR) is 74.4 cm³/mol. The Morgan fingerprint density at radius 1 is 1.19 bits per heavy atom. The van der Waals surface area contributed by atoms with Crippen molar-refractivity contribution in [2.75, 3.05) is 5.32 Å². The maximum atomic E-state index is 13.7. The Kier molecular flexibility index (Phi) is 4.11. The second-order valence-corrected chi connectivity index (χ2v) is 5.47. The van der Waals surface area contributed by atoms with Crippen LogP contribution in [-0.2, 0) is 19.1 Å². The lowest BCUT2D eigenvalue weighted by Crippen LogP contribution is -2.42. The fourth-order valence-electron chi connectivity index (χ4n) is 1.60. The van der Waals surface area contributed by atoms with Gasteiger partial charge in [0.1, 0.15) is 5.82 Å². The van der Waals surface area contributed by atoms with Crippen molar-refractivity contribution in [1.29, 1.82) is 0 Å². The van der Waals surface area contributed by atoms with Crippen LogP contribution in [0.1, 0.15) is 13.8 Å². The molecule has 0 amide bonds. The minimum Gasteiger partial charge on any atom is -0.419 e. The van der Waals surface area contributed by atoms with Crippen LogP contribution in [0.15, 0.2) is 23.9 Å². The summed E-state index contributed by atoms with van der Waals surface area (Å²) in [5, 5.41) is 2.55. The van der Waals surface area contributed by atoms with Gasteiger partial charge in [-0.25, -0.2) is 14.0 Å². The first-order chi connectivity index (χ1) is 9.69. The number of ether oxygens (including phenoxy) is 2. The number of nitrogens with one attached hydrogen (secondary N) is 1. The van der Waals surface area contributed by atoms with E-state index in [2.05, 4.69) is 5.32 Å². The van der Waals surface area contributed by atoms with Crippen molar-refractivity contribution in [2.24, 2.45) is 0 Å². The Morgan fingerprint density at radius 3 is 2.29 bits per heavy atom. The van der Waals surface area contributed by atoms with Gasteiger partial charge >= 0.3 is 11.9 Å². The molecule has 0 bridgehead atoms. The Hall–Kier alpha value is -1.79. The molecule has 21 heavy (non-hydrogen) atoms. The molecule has 1 heterocycles. The number of hydrogen-bond acceptors (Lipinski definition) is 5. The molecule has 0 unspecified atom stereocenters. The summed E-state index contributed by atoms with van der Waals surface area (Å²) >= 11 is 11.5. The topological polar surface area (TPSA) is 64.6 Å². The van der Waals surface area contributed by atoms with Crippen molar-refractivity contribution in [3.05, 3.63) is 39.8 Å². The van der Waals surface area contributed by atoms with Crippen molar-refractivity contribution < 1.29 is 23.5 Å². The van der Waals surface area contributed by atoms with Crippen LogP contribution >= 0.6 is 23.2 Å². The first kappa shape index (κ1) is 15.6. The third-order valence-corrected chi connectivity index (χ3v) is 3.00. The SMILES string of the molecule is CC1(C)OC(=O)C(=CNc2c(F)cc(Cl)cc2Cl)C(=O)O1. The van der Waals surface area contributed by atoms with E-state index < -0.39 is 29.1 Å². The molecule has 0 atom stereocenters. The van der Waals surface area contributed by atoms with Crippen LogP contribution in [-0.4, -0.2) is 17.7 Å². The van der Waals surface area contributed by atoms with Crippen LogP contribution in [0.4, 0.5) is 10.1 Å². The van der Waals surface area contributed by atoms with E-state index >= 15 is 0 Å². The molecule has 5 nitrogen and oxygen atoms in total. The minimum atomic E-state index is -1.34. The maximum absolute atomic E-state index is 13.7. The van der Waals surface area contributed by atoms with E-state index in [1.165, 1.54) is 19.9 Å². The summed E-state index contributed by atoms with van der Waals surface area (Å²) in [7, 11) is 0. The van der Waals surface area contributed by atoms with Gasteiger partial charge in [-0.2, -0.15) is 0 Å². The van der Waals surface area contributed by atoms with Crippen molar-refractivity contribution in [2.45, 2.75) is 19.6 Å². The van der Waals surface area contributed by atoms with E-state index in [1.807, 2.05) is 0 Å². The Balaban J connectivity index is 2.26. The lowest BCUT2D eigenvalue weighted by Gasteiger charge is -2.29. The third-order valence-electron chi connectivity index (χ3n) is 2.48. The van der Waals surface area contributed by atoms with Crippen LogP contribution in [0, 0.1) is 5.82 Å². The number of hydrogen-bond donors (Lipinski definition) is 1. The molecule has 1 fully saturated rings. The molecule has 1 aliphatic heterocycles. The van der Waals surface area contributed by atoms with E-state index in [1.54, 1.807) is 0 Å². The Labute approximate surface area is 129 Å². The summed E-state index contributed by atoms with van der Waals surface area (Å²) in [6.45, 7) is 2.84. The van der Waals surface area contributed by atoms with Gasteiger partial charge in [0.15, 0.2) is 5.57 Å². The van der Waals surface area contributed by atoms with Crippen molar-refractivity contribution in [3.8, 4) is 0 Å². The number of benzene rings is 1. The third kappa shape index (κ3) is 3.46. The van der Waals surface area contributed by atoms with Crippen molar-refractivity contribution in [3.63, 3.8) is 0 Å². The predicted octanol–water partition coefficient (Wildman–Crippen LogP) is 3.26. The molecular weight excluding hydrogens is 324 g/mol. The number of rotatable bonds is 2. The highest BCUT2D eigenvalue weighted by molar-refractivity contribution is 6.36. The Bertz CT molecular complexity index is 613. The van der Waals surface area contributed by atoms with Gasteiger partial charge in [-0.05, 0) is 12.1 Å². The molecule has 8 heteroatoms. The van der Waals surface area contributed by atoms with Gasteiger partial charge in [0, 0.05) is 25.1 Å². The largest absolute Gasteiger partial charge is 0.419 e. The lowest BCUT2D eigenvalue weighted by molar-refractivity contribution is -0.222. The molecule has 1 aromatic rings. The van der Waals surface area contributed by atoms with Crippen molar-refractivity contribution >= 4 is 40.8 Å². The molecule has 1 N–H and O–H groups in total. The molecule has 0 aliphatic carbocycles. The van der Waals surface area contributed by atoms with Gasteiger partial charge in [-0.3, -0.25) is 0 Å². The smallest absolute Gasteiger partial charge is 0.350 e. The van der Waals surface area contributed by atoms with Gasteiger partial charge in [0.25, 0.3) is 5.79 Å². The zero-order valence-electron chi connectivity index (χ0n) is 11.0. The highest BCUT2D eigenvalue weighted by Crippen LogP contribution is 2.30. The molecule has 0 saturated carbocycles. The minimum absolute atomic E-state index is 0.00489. The van der Waals surface area contributed by atoms with Crippen LogP contribution < -0.4 is 5.32 Å². The average molecular weight is 334 g/mol. The van der Waals surface area contributed by atoms with Gasteiger partial charge in [0.2, 0.25) is 0 Å². The molecule has 1 aromatic carbocycles. The van der Waals surface area contributed by atoms with Gasteiger partial charge < -0.3 is 14.8 Å². The fraction of sp³-hybridized carbons (Fsp3) is 0.231. The average Bonchev–Trinajstić information content (AvgIpc) is 2.29. The molecule has 0 radical (unpaired) electrons. The summed E-state index contributed by atoms with van der Waals surface area (Å²) in [6, 6.07) is 2.35. The second kappa shape index (κ2) is 5.54. The van der Waals surface area contributed by atoms with E-state index in [0.717, 1.165) is 12.3 Å². The van der Waals surface area contributed by atoms with E-state index in [4.69, 9.17) is 32.7 Å². The maximum Gasteiger partial charge on any atom is 0.350 e. The second-order valence-electron chi connectivity index (χ2n) is 4.63. The number of anilines is 1. The van der Waals surface area contributed by atoms with Gasteiger partial charge in [-0.15, -0.1) is 0 Å². The summed E-state index contributed by atoms with van der Waals surface area (Å²) in [4.78, 5) is 23.4. The fourth-order valence-corrected chi connectivity index (χ4v) is 2.13. The summed E-state index contributed by atoms with van der Waals surface area (Å²) in [6.07, 6.45) is 0.970. The zero-order valence-corrected chi connectivity index (χ0v) is 12.5. The van der Waals surface area contributed by atoms with E-state index in [-0.39, 0.29) is 15.7 Å². The number of carbonyl (C=O) groups excluding carboxylic acids is 2. The number of cyclic esters (lactones) is 2. The first-order valence-corrected chi connectivity index (χ1v) is 6.53. The van der Waals surface area contributed by atoms with E-state index in [0.29, 0.717) is 0 Å². The van der Waals surface area contributed by atoms with Gasteiger partial charge in [0.05, 0.1) is 10.7 Å². The number of esters is 2. The zero-order chi connectivity index (χ0) is 15.8. The molecule has 2 rings (SSSR count). The standard InChI is InChI=1S/C13H10Cl2FNO4/c1-13(2)20-11(18)7(12(19)21-13)5-17-10-8(15)3-6(14)4-9(10)16/h3-5,17H,1-2H3. The summed E-state index contributed by atoms with van der Waals surface area (Å²) < 4.78 is 23.5. The summed E-state index contributed by atoms with van der Waals surface area (Å²) in [5.41, 5.74) is -0.529. The number of carbonyl (C=O) groups is 2. The highest BCUT2D eigenvalue weighted by Gasteiger charge is 2.39. The lowest BCUT2D eigenvalue weighted by atomic mass is 10.2.